The molecule has 29 heavy (non-hydrogen) atoms. The summed E-state index contributed by atoms with van der Waals surface area (Å²) in [6, 6.07) is -3.00. The summed E-state index contributed by atoms with van der Waals surface area (Å²) in [6.45, 7) is 2.26. The molecule has 0 unspecified atom stereocenters. The normalized spacial score (nSPS) is 30.3. The van der Waals surface area contributed by atoms with Crippen LogP contribution in [0.4, 0.5) is 13.2 Å². The molecule has 0 saturated heterocycles. The van der Waals surface area contributed by atoms with Gasteiger partial charge < -0.3 is 0 Å². The highest BCUT2D eigenvalue weighted by atomic mass is 19.4. The zero-order valence-corrected chi connectivity index (χ0v) is 17.8. The molecule has 0 aliphatic heterocycles. The molecule has 0 bridgehead atoms. The Labute approximate surface area is 181 Å². The highest BCUT2D eigenvalue weighted by molar-refractivity contribution is 5.24. The number of hydrogen-bond acceptors (Lipinski definition) is 0. The average Bonchev–Trinajstić information content (AvgIpc) is 2.78. The van der Waals surface area contributed by atoms with E-state index in [4.69, 9.17) is 5.48 Å². The van der Waals surface area contributed by atoms with Crippen LogP contribution in [0.2, 0.25) is 0 Å². The Morgan fingerprint density at radius 1 is 0.793 bits per heavy atom. The number of alkyl halides is 3. The maximum absolute atomic E-state index is 13.2. The van der Waals surface area contributed by atoms with Crippen LogP contribution >= 0.6 is 0 Å². The quantitative estimate of drug-likeness (QED) is 0.374. The van der Waals surface area contributed by atoms with Gasteiger partial charge in [-0.2, -0.15) is 13.2 Å². The van der Waals surface area contributed by atoms with Gasteiger partial charge in [0, 0.05) is 0 Å². The zero-order chi connectivity index (χ0) is 24.2. The molecule has 2 aliphatic rings. The molecular formula is C26H39F3. The molecule has 2 aliphatic carbocycles. The van der Waals surface area contributed by atoms with Gasteiger partial charge >= 0.3 is 6.18 Å². The first-order chi connectivity index (χ1) is 15.6. The minimum Gasteiger partial charge on any atom is -0.166 e. The summed E-state index contributed by atoms with van der Waals surface area (Å²) in [6.07, 6.45) is 11.7. The van der Waals surface area contributed by atoms with E-state index in [1.807, 2.05) is 0 Å². The molecule has 0 amide bonds. The number of hydrogen-bond donors (Lipinski definition) is 0. The van der Waals surface area contributed by atoms with Crippen LogP contribution in [-0.2, 0) is 12.6 Å². The van der Waals surface area contributed by atoms with E-state index in [0.717, 1.165) is 37.0 Å². The third-order valence-corrected chi connectivity index (χ3v) is 7.43. The Morgan fingerprint density at radius 2 is 1.31 bits per heavy atom. The molecule has 2 saturated carbocycles. The molecule has 0 radical (unpaired) electrons. The lowest BCUT2D eigenvalue weighted by Gasteiger charge is -2.38. The van der Waals surface area contributed by atoms with Crippen molar-refractivity contribution in [3.8, 4) is 0 Å². The van der Waals surface area contributed by atoms with Crippen LogP contribution in [-0.4, -0.2) is 0 Å². The van der Waals surface area contributed by atoms with Gasteiger partial charge in [0.05, 0.1) is 11.0 Å². The van der Waals surface area contributed by atoms with Gasteiger partial charge in [0.25, 0.3) is 0 Å². The van der Waals surface area contributed by atoms with E-state index in [-0.39, 0.29) is 5.56 Å². The summed E-state index contributed by atoms with van der Waals surface area (Å²) >= 11 is 0. The Balaban J connectivity index is 1.49. The van der Waals surface area contributed by atoms with Crippen molar-refractivity contribution in [2.24, 2.45) is 23.7 Å². The highest BCUT2D eigenvalue weighted by Gasteiger charge is 2.31. The van der Waals surface area contributed by atoms with Gasteiger partial charge in [-0.1, -0.05) is 70.4 Å². The summed E-state index contributed by atoms with van der Waals surface area (Å²) in [5, 5.41) is 0. The van der Waals surface area contributed by atoms with E-state index in [9.17, 15) is 13.2 Å². The summed E-state index contributed by atoms with van der Waals surface area (Å²) in [5.74, 6) is 3.02. The van der Waals surface area contributed by atoms with E-state index in [2.05, 4.69) is 6.92 Å². The molecule has 1 aromatic rings. The topological polar surface area (TPSA) is 0 Å². The van der Waals surface area contributed by atoms with Crippen LogP contribution < -0.4 is 0 Å². The van der Waals surface area contributed by atoms with Crippen LogP contribution in [0.5, 0.6) is 0 Å². The number of unbranched alkanes of at least 4 members (excludes halogenated alkanes) is 2. The monoisotopic (exact) mass is 412 g/mol. The van der Waals surface area contributed by atoms with Crippen LogP contribution in [0.3, 0.4) is 0 Å². The maximum Gasteiger partial charge on any atom is 0.416 e. The number of benzene rings is 1. The van der Waals surface area contributed by atoms with Crippen molar-refractivity contribution in [3.05, 3.63) is 35.3 Å². The minimum atomic E-state index is -4.88. The van der Waals surface area contributed by atoms with Gasteiger partial charge in [0.2, 0.25) is 0 Å². The molecule has 0 atom stereocenters. The summed E-state index contributed by atoms with van der Waals surface area (Å²) in [5.41, 5.74) is -1.33. The molecule has 1 aromatic carbocycles. The molecule has 3 rings (SSSR count). The molecule has 0 aromatic heterocycles. The molecule has 0 N–H and O–H groups in total. The fourth-order valence-electron chi connectivity index (χ4n) is 5.53. The lowest BCUT2D eigenvalue weighted by atomic mass is 9.68. The van der Waals surface area contributed by atoms with E-state index in [1.165, 1.54) is 64.2 Å². The Bertz CT molecular complexity index is 748. The van der Waals surface area contributed by atoms with Gasteiger partial charge in [-0.25, -0.2) is 0 Å². The SMILES string of the molecule is [2H]c1c([2H])c(C(F)(F)F)c([2H])c([2H])c1CCC1CCC(C2CCC(CCCCC)CC2)CC1. The fraction of sp³-hybridized carbons (Fsp3) is 0.769. The van der Waals surface area contributed by atoms with E-state index in [1.54, 1.807) is 0 Å². The van der Waals surface area contributed by atoms with Crippen LogP contribution in [0, 0.1) is 23.7 Å². The molecule has 0 spiro atoms. The predicted molar refractivity (Wildman–Crippen MR) is 115 cm³/mol. The van der Waals surface area contributed by atoms with Crippen LogP contribution in [0.1, 0.15) is 107 Å². The third-order valence-electron chi connectivity index (χ3n) is 7.43. The lowest BCUT2D eigenvalue weighted by Crippen LogP contribution is -2.26. The molecule has 0 nitrogen and oxygen atoms in total. The molecule has 164 valence electrons. The van der Waals surface area contributed by atoms with Crippen molar-refractivity contribution in [2.75, 3.05) is 0 Å². The minimum absolute atomic E-state index is 0.126. The average molecular weight is 413 g/mol. The van der Waals surface area contributed by atoms with Crippen molar-refractivity contribution in [1.29, 1.82) is 0 Å². The van der Waals surface area contributed by atoms with Gasteiger partial charge in [0.15, 0.2) is 0 Å². The third kappa shape index (κ3) is 7.03. The predicted octanol–water partition coefficient (Wildman–Crippen LogP) is 8.83. The van der Waals surface area contributed by atoms with E-state index >= 15 is 0 Å². The summed E-state index contributed by atoms with van der Waals surface area (Å²) < 4.78 is 71.0. The van der Waals surface area contributed by atoms with E-state index < -0.39 is 35.9 Å². The Kier molecular flexibility index (Phi) is 6.62. The number of halogens is 3. The first-order valence-corrected chi connectivity index (χ1v) is 11.8. The number of rotatable bonds is 8. The molecule has 2 fully saturated rings. The largest absolute Gasteiger partial charge is 0.416 e. The summed E-state index contributed by atoms with van der Waals surface area (Å²) in [7, 11) is 0. The van der Waals surface area contributed by atoms with Crippen LogP contribution in [0.15, 0.2) is 24.2 Å². The second-order valence-electron chi connectivity index (χ2n) is 9.45. The summed E-state index contributed by atoms with van der Waals surface area (Å²) in [4.78, 5) is 0. The van der Waals surface area contributed by atoms with Gasteiger partial charge in [-0.3, -0.25) is 0 Å². The fourth-order valence-corrected chi connectivity index (χ4v) is 5.53. The molecule has 0 heterocycles. The smallest absolute Gasteiger partial charge is 0.166 e. The van der Waals surface area contributed by atoms with Crippen molar-refractivity contribution in [2.45, 2.75) is 103 Å². The van der Waals surface area contributed by atoms with Gasteiger partial charge in [0.1, 0.15) is 0 Å². The highest BCUT2D eigenvalue weighted by Crippen LogP contribution is 2.43. The molecular weight excluding hydrogens is 369 g/mol. The van der Waals surface area contributed by atoms with Crippen LogP contribution in [0.25, 0.3) is 0 Å². The standard InChI is InChI=1S/C26H39F3/c1-2-3-4-5-20-8-14-23(15-9-20)24-16-10-21(11-17-24)6-7-22-12-18-25(19-13-22)26(27,28)29/h12-13,18-21,23-24H,2-11,14-17H2,1H3/i12D,13D,18D,19D. The van der Waals surface area contributed by atoms with Gasteiger partial charge in [-0.15, -0.1) is 0 Å². The van der Waals surface area contributed by atoms with Crippen molar-refractivity contribution < 1.29 is 18.7 Å². The maximum atomic E-state index is 13.2. The van der Waals surface area contributed by atoms with E-state index in [0.29, 0.717) is 12.3 Å². The Hall–Kier alpha value is -0.990. The second-order valence-corrected chi connectivity index (χ2v) is 9.45. The zero-order valence-electron chi connectivity index (χ0n) is 21.8. The van der Waals surface area contributed by atoms with Crippen molar-refractivity contribution in [3.63, 3.8) is 0 Å². The van der Waals surface area contributed by atoms with Gasteiger partial charge in [-0.05, 0) is 79.8 Å². The first kappa shape index (κ1) is 17.7. The van der Waals surface area contributed by atoms with Crippen molar-refractivity contribution >= 4 is 0 Å². The molecule has 3 heteroatoms. The van der Waals surface area contributed by atoms with Crippen molar-refractivity contribution in [1.82, 2.24) is 0 Å². The Morgan fingerprint density at radius 3 is 1.79 bits per heavy atom. The lowest BCUT2D eigenvalue weighted by molar-refractivity contribution is -0.137. The first-order valence-electron chi connectivity index (χ1n) is 13.8. The second kappa shape index (κ2) is 10.9.